The van der Waals surface area contributed by atoms with Crippen molar-refractivity contribution in [3.05, 3.63) is 69.9 Å². The molecule has 0 saturated carbocycles. The van der Waals surface area contributed by atoms with Crippen molar-refractivity contribution in [2.75, 3.05) is 0 Å². The second-order valence-electron chi connectivity index (χ2n) is 4.16. The van der Waals surface area contributed by atoms with Crippen LogP contribution >= 0.6 is 0 Å². The fourth-order valence-electron chi connectivity index (χ4n) is 1.75. The van der Waals surface area contributed by atoms with Crippen LogP contribution in [-0.4, -0.2) is 0 Å². The van der Waals surface area contributed by atoms with E-state index >= 15 is 0 Å². The van der Waals surface area contributed by atoms with Crippen LogP contribution in [0.3, 0.4) is 0 Å². The average Bonchev–Trinajstić information content (AvgIpc) is 2.57. The molecule has 2 aromatic carbocycles. The predicted molar refractivity (Wildman–Crippen MR) is 74.8 cm³/mol. The van der Waals surface area contributed by atoms with Gasteiger partial charge in [0.15, 0.2) is 0 Å². The van der Waals surface area contributed by atoms with E-state index in [1.54, 1.807) is 12.1 Å². The van der Waals surface area contributed by atoms with Gasteiger partial charge in [0.05, 0.1) is 24.3 Å². The minimum absolute atomic E-state index is 0.0413. The maximum absolute atomic E-state index is 13.7. The Morgan fingerprint density at radius 1 is 0.826 bits per heavy atom. The van der Waals surface area contributed by atoms with Crippen LogP contribution in [-0.2, 0) is 0 Å². The van der Waals surface area contributed by atoms with Crippen molar-refractivity contribution in [2.24, 2.45) is 0 Å². The average molecular weight is 306 g/mol. The van der Waals surface area contributed by atoms with Crippen LogP contribution in [0.2, 0.25) is 0 Å². The maximum atomic E-state index is 13.7. The van der Waals surface area contributed by atoms with Crippen LogP contribution in [0.1, 0.15) is 11.1 Å². The van der Waals surface area contributed by atoms with Crippen LogP contribution < -0.4 is 4.74 Å². The lowest BCUT2D eigenvalue weighted by Gasteiger charge is -2.09. The lowest BCUT2D eigenvalue weighted by Crippen LogP contribution is -1.91. The third-order valence-corrected chi connectivity index (χ3v) is 2.77. The van der Waals surface area contributed by atoms with Gasteiger partial charge in [-0.05, 0) is 24.3 Å². The monoisotopic (exact) mass is 306 g/mol. The van der Waals surface area contributed by atoms with E-state index in [9.17, 15) is 8.78 Å². The molecule has 5 nitrogen and oxygen atoms in total. The standard InChI is InChI=1S/C16H4F2N4O/c1-21-13-5-11(3-9(7-19)15(13)17)23-12-4-10(8-20)16(18)14(6-12)22-2/h3-6H. The lowest BCUT2D eigenvalue weighted by atomic mass is 10.1. The molecule has 0 aliphatic rings. The third-order valence-electron chi connectivity index (χ3n) is 2.77. The van der Waals surface area contributed by atoms with Gasteiger partial charge in [-0.3, -0.25) is 0 Å². The maximum Gasteiger partial charge on any atom is 0.227 e. The van der Waals surface area contributed by atoms with E-state index in [4.69, 9.17) is 28.4 Å². The number of hydrogen-bond donors (Lipinski definition) is 0. The van der Waals surface area contributed by atoms with Gasteiger partial charge in [0.2, 0.25) is 11.4 Å². The highest BCUT2D eigenvalue weighted by molar-refractivity contribution is 5.60. The van der Waals surface area contributed by atoms with E-state index in [1.165, 1.54) is 0 Å². The molecule has 0 N–H and O–H groups in total. The van der Waals surface area contributed by atoms with Crippen molar-refractivity contribution in [2.45, 2.75) is 0 Å². The van der Waals surface area contributed by atoms with Crippen LogP contribution in [0.25, 0.3) is 9.69 Å². The van der Waals surface area contributed by atoms with E-state index < -0.39 is 23.0 Å². The quantitative estimate of drug-likeness (QED) is 0.761. The molecule has 0 radical (unpaired) electrons. The molecule has 0 aromatic heterocycles. The van der Waals surface area contributed by atoms with Crippen molar-refractivity contribution in [1.29, 1.82) is 10.5 Å². The SMILES string of the molecule is [C-]#[N+]c1cc(Oc2cc(C#N)c(F)c([N+]#[C-])c2)cc(C#N)c1F. The molecule has 0 unspecified atom stereocenters. The number of ether oxygens (including phenoxy) is 1. The summed E-state index contributed by atoms with van der Waals surface area (Å²) in [5.74, 6) is -2.01. The first-order chi connectivity index (χ1) is 11.0. The van der Waals surface area contributed by atoms with Crippen LogP contribution in [0.15, 0.2) is 24.3 Å². The first kappa shape index (κ1) is 15.4. The van der Waals surface area contributed by atoms with Gasteiger partial charge < -0.3 is 4.74 Å². The Balaban J connectivity index is 2.53. The number of halogens is 2. The summed E-state index contributed by atoms with van der Waals surface area (Å²) < 4.78 is 32.7. The summed E-state index contributed by atoms with van der Waals surface area (Å²) in [6.07, 6.45) is 0. The molecular formula is C16H4F2N4O. The van der Waals surface area contributed by atoms with Gasteiger partial charge in [-0.2, -0.15) is 10.5 Å². The molecule has 0 bridgehead atoms. The smallest absolute Gasteiger partial charge is 0.227 e. The Morgan fingerprint density at radius 3 is 1.52 bits per heavy atom. The van der Waals surface area contributed by atoms with Crippen molar-refractivity contribution < 1.29 is 13.5 Å². The Morgan fingerprint density at radius 2 is 1.22 bits per heavy atom. The molecule has 0 aliphatic carbocycles. The highest BCUT2D eigenvalue weighted by Gasteiger charge is 2.15. The highest BCUT2D eigenvalue weighted by Crippen LogP contribution is 2.33. The van der Waals surface area contributed by atoms with Crippen molar-refractivity contribution >= 4 is 11.4 Å². The van der Waals surface area contributed by atoms with Crippen LogP contribution in [0.4, 0.5) is 20.2 Å². The molecule has 0 fully saturated rings. The second-order valence-corrected chi connectivity index (χ2v) is 4.16. The fraction of sp³-hybridized carbons (Fsp3) is 0. The Bertz CT molecular complexity index is 822. The Kier molecular flexibility index (Phi) is 4.18. The molecule has 0 saturated heterocycles. The van der Waals surface area contributed by atoms with Gasteiger partial charge in [0, 0.05) is 0 Å². The first-order valence-corrected chi connectivity index (χ1v) is 5.94. The molecule has 2 aromatic rings. The predicted octanol–water partition coefficient (Wildman–Crippen LogP) is 4.60. The normalized spacial score (nSPS) is 9.13. The molecule has 0 amide bonds. The zero-order chi connectivity index (χ0) is 17.0. The van der Waals surface area contributed by atoms with E-state index in [1.807, 2.05) is 0 Å². The summed E-state index contributed by atoms with van der Waals surface area (Å²) >= 11 is 0. The van der Waals surface area contributed by atoms with Crippen molar-refractivity contribution in [3.63, 3.8) is 0 Å². The summed E-state index contributed by atoms with van der Waals surface area (Å²) in [5, 5.41) is 17.7. The van der Waals surface area contributed by atoms with E-state index in [0.29, 0.717) is 0 Å². The summed E-state index contributed by atoms with van der Waals surface area (Å²) in [6, 6.07) is 7.45. The van der Waals surface area contributed by atoms with E-state index in [2.05, 4.69) is 9.69 Å². The summed E-state index contributed by atoms with van der Waals surface area (Å²) in [4.78, 5) is 5.89. The van der Waals surface area contributed by atoms with Gasteiger partial charge in [-0.25, -0.2) is 18.5 Å². The molecule has 0 spiro atoms. The molecule has 108 valence electrons. The zero-order valence-electron chi connectivity index (χ0n) is 11.3. The largest absolute Gasteiger partial charge is 0.460 e. The summed E-state index contributed by atoms with van der Waals surface area (Å²) in [5.41, 5.74) is -1.60. The first-order valence-electron chi connectivity index (χ1n) is 5.94. The third kappa shape index (κ3) is 2.90. The van der Waals surface area contributed by atoms with E-state index in [0.717, 1.165) is 24.3 Å². The molecule has 7 heteroatoms. The Labute approximate surface area is 129 Å². The minimum atomic E-state index is -0.964. The molecule has 2 rings (SSSR count). The summed E-state index contributed by atoms with van der Waals surface area (Å²) in [7, 11) is 0. The van der Waals surface area contributed by atoms with Crippen molar-refractivity contribution in [3.8, 4) is 23.6 Å². The Hall–Kier alpha value is -3.94. The second kappa shape index (κ2) is 6.22. The number of benzene rings is 2. The van der Waals surface area contributed by atoms with Gasteiger partial charge in [0.25, 0.3) is 0 Å². The van der Waals surface area contributed by atoms with Gasteiger partial charge in [0.1, 0.15) is 35.3 Å². The van der Waals surface area contributed by atoms with E-state index in [-0.39, 0.29) is 22.6 Å². The lowest BCUT2D eigenvalue weighted by molar-refractivity contribution is 0.479. The van der Waals surface area contributed by atoms with Gasteiger partial charge in [-0.1, -0.05) is 0 Å². The number of nitriles is 2. The number of nitrogens with zero attached hydrogens (tertiary/aromatic N) is 4. The molecule has 23 heavy (non-hydrogen) atoms. The highest BCUT2D eigenvalue weighted by atomic mass is 19.1. The molecule has 0 heterocycles. The number of hydrogen-bond acceptors (Lipinski definition) is 3. The molecular weight excluding hydrogens is 302 g/mol. The van der Waals surface area contributed by atoms with Crippen LogP contribution in [0.5, 0.6) is 11.5 Å². The van der Waals surface area contributed by atoms with Gasteiger partial charge in [-0.15, -0.1) is 0 Å². The zero-order valence-corrected chi connectivity index (χ0v) is 11.3. The molecule has 0 atom stereocenters. The number of rotatable bonds is 2. The van der Waals surface area contributed by atoms with Crippen LogP contribution in [0, 0.1) is 47.4 Å². The summed E-state index contributed by atoms with van der Waals surface area (Å²) in [6.45, 7) is 13.8. The fourth-order valence-corrected chi connectivity index (χ4v) is 1.75. The minimum Gasteiger partial charge on any atom is -0.460 e. The van der Waals surface area contributed by atoms with Crippen molar-refractivity contribution in [1.82, 2.24) is 0 Å². The van der Waals surface area contributed by atoms with Gasteiger partial charge >= 0.3 is 0 Å². The molecule has 0 aliphatic heterocycles. The topological polar surface area (TPSA) is 65.5 Å².